The second-order valence-corrected chi connectivity index (χ2v) is 8.37. The second kappa shape index (κ2) is 6.03. The topological polar surface area (TPSA) is 102 Å². The minimum Gasteiger partial charge on any atom is -0.439 e. The van der Waals surface area contributed by atoms with Gasteiger partial charge in [0.05, 0.1) is 11.1 Å². The molecule has 1 aliphatic heterocycles. The number of para-hydroxylation sites is 1. The summed E-state index contributed by atoms with van der Waals surface area (Å²) in [4.78, 5) is 37.1. The van der Waals surface area contributed by atoms with Crippen molar-refractivity contribution in [2.75, 3.05) is 17.2 Å². The van der Waals surface area contributed by atoms with Gasteiger partial charge in [-0.3, -0.25) is 19.3 Å². The highest BCUT2D eigenvalue weighted by Crippen LogP contribution is 2.29. The third kappa shape index (κ3) is 3.07. The number of carbonyl (C=O) groups excluding carboxylic acids is 2. The van der Waals surface area contributed by atoms with Crippen molar-refractivity contribution in [1.82, 2.24) is 0 Å². The number of carbonyl (C=O) groups is 2. The maximum Gasteiger partial charge on any atom is 0.232 e. The maximum absolute atomic E-state index is 12.4. The average Bonchev–Trinajstić information content (AvgIpc) is 2.85. The number of fused-ring (bicyclic) bond motifs is 1. The fraction of sp³-hybridized carbons (Fsp3) is 0.267. The van der Waals surface area contributed by atoms with Gasteiger partial charge in [-0.15, -0.1) is 0 Å². The molecule has 24 heavy (non-hydrogen) atoms. The number of rotatable bonds is 4. The summed E-state index contributed by atoms with van der Waals surface area (Å²) in [6.45, 7) is 0.00685. The van der Waals surface area contributed by atoms with Crippen molar-refractivity contribution in [3.63, 3.8) is 0 Å². The molecule has 0 bridgehead atoms. The molecule has 7 nitrogen and oxygen atoms in total. The predicted molar refractivity (Wildman–Crippen MR) is 88.0 cm³/mol. The number of aldehydes is 1. The van der Waals surface area contributed by atoms with E-state index in [1.807, 2.05) is 0 Å². The van der Waals surface area contributed by atoms with Gasteiger partial charge in [0, 0.05) is 29.6 Å². The van der Waals surface area contributed by atoms with Crippen LogP contribution in [0.2, 0.25) is 0 Å². The van der Waals surface area contributed by atoms with Crippen molar-refractivity contribution in [3.05, 3.63) is 40.1 Å². The van der Waals surface area contributed by atoms with Gasteiger partial charge in [-0.1, -0.05) is 12.1 Å². The first-order valence-electron chi connectivity index (χ1n) is 7.04. The number of nitrogens with zero attached hydrogens (tertiary/aromatic N) is 1. The molecule has 9 heteroatoms. The Labute approximate surface area is 141 Å². The van der Waals surface area contributed by atoms with E-state index in [-0.39, 0.29) is 41.1 Å². The van der Waals surface area contributed by atoms with Crippen molar-refractivity contribution in [3.8, 4) is 0 Å². The van der Waals surface area contributed by atoms with Crippen LogP contribution in [0.5, 0.6) is 0 Å². The normalized spacial score (nSPS) is 18.3. The van der Waals surface area contributed by atoms with Crippen molar-refractivity contribution in [2.24, 2.45) is 5.92 Å². The van der Waals surface area contributed by atoms with Crippen LogP contribution in [0, 0.1) is 5.92 Å². The first-order chi connectivity index (χ1) is 11.3. The second-order valence-electron chi connectivity index (χ2n) is 5.54. The molecule has 0 spiro atoms. The Morgan fingerprint density at radius 3 is 2.67 bits per heavy atom. The molecule has 3 rings (SSSR count). The number of benzene rings is 1. The maximum atomic E-state index is 12.4. The Morgan fingerprint density at radius 2 is 2.00 bits per heavy atom. The zero-order chi connectivity index (χ0) is 17.5. The number of halogens is 1. The highest BCUT2D eigenvalue weighted by Gasteiger charge is 2.36. The van der Waals surface area contributed by atoms with Crippen LogP contribution in [0.15, 0.2) is 33.5 Å². The van der Waals surface area contributed by atoms with Gasteiger partial charge < -0.3 is 4.42 Å². The molecule has 1 unspecified atom stereocenters. The van der Waals surface area contributed by atoms with Crippen LogP contribution in [0.3, 0.4) is 0 Å². The molecular weight excluding hydrogens is 358 g/mol. The summed E-state index contributed by atoms with van der Waals surface area (Å²) in [6, 6.07) is 6.36. The molecular formula is C15H12ClNO6S. The van der Waals surface area contributed by atoms with E-state index in [4.69, 9.17) is 15.1 Å². The molecule has 1 fully saturated rings. The van der Waals surface area contributed by atoms with Gasteiger partial charge in [-0.05, 0) is 12.1 Å². The monoisotopic (exact) mass is 369 g/mol. The summed E-state index contributed by atoms with van der Waals surface area (Å²) in [5.74, 6) is -1.49. The third-order valence-electron chi connectivity index (χ3n) is 3.82. The van der Waals surface area contributed by atoms with Crippen molar-refractivity contribution in [1.29, 1.82) is 0 Å². The molecule has 126 valence electrons. The zero-order valence-electron chi connectivity index (χ0n) is 12.3. The van der Waals surface area contributed by atoms with E-state index in [0.717, 1.165) is 4.90 Å². The highest BCUT2D eigenvalue weighted by molar-refractivity contribution is 8.13. The van der Waals surface area contributed by atoms with Crippen molar-refractivity contribution < 1.29 is 22.4 Å². The Bertz CT molecular complexity index is 997. The standard InChI is InChI=1S/C15H12ClNO6S/c16-24(21,22)8-9-5-13(19)17(6-9)15-11(7-18)14(20)10-3-1-2-4-12(10)23-15/h1-4,7,9H,5-6,8H2. The lowest BCUT2D eigenvalue weighted by Crippen LogP contribution is -2.28. The molecule has 1 aromatic heterocycles. The summed E-state index contributed by atoms with van der Waals surface area (Å²) < 4.78 is 28.0. The van der Waals surface area contributed by atoms with E-state index in [0.29, 0.717) is 6.29 Å². The minimum absolute atomic E-state index is 0.00685. The molecule has 1 aliphatic rings. The quantitative estimate of drug-likeness (QED) is 0.598. The summed E-state index contributed by atoms with van der Waals surface area (Å²) >= 11 is 0. The van der Waals surface area contributed by atoms with E-state index in [1.165, 1.54) is 6.07 Å². The molecule has 1 aromatic carbocycles. The Hall–Kier alpha value is -2.19. The minimum atomic E-state index is -3.76. The molecule has 2 heterocycles. The molecule has 2 aromatic rings. The lowest BCUT2D eigenvalue weighted by atomic mass is 10.1. The van der Waals surface area contributed by atoms with Gasteiger partial charge >= 0.3 is 0 Å². The first kappa shape index (κ1) is 16.7. The van der Waals surface area contributed by atoms with Gasteiger partial charge in [0.15, 0.2) is 6.29 Å². The van der Waals surface area contributed by atoms with E-state index in [1.54, 1.807) is 18.2 Å². The Kier molecular flexibility index (Phi) is 4.18. The Balaban J connectivity index is 2.08. The van der Waals surface area contributed by atoms with E-state index in [2.05, 4.69) is 0 Å². The number of anilines is 1. The van der Waals surface area contributed by atoms with Crippen LogP contribution >= 0.6 is 10.7 Å². The molecule has 0 aliphatic carbocycles. The van der Waals surface area contributed by atoms with Gasteiger partial charge in [0.25, 0.3) is 0 Å². The van der Waals surface area contributed by atoms with Crippen LogP contribution in [-0.2, 0) is 13.8 Å². The molecule has 1 atom stereocenters. The fourth-order valence-corrected chi connectivity index (χ4v) is 4.14. The number of hydrogen-bond donors (Lipinski definition) is 0. The predicted octanol–water partition coefficient (Wildman–Crippen LogP) is 1.53. The molecule has 1 saturated heterocycles. The van der Waals surface area contributed by atoms with Crippen LogP contribution in [0.4, 0.5) is 5.88 Å². The SMILES string of the molecule is O=Cc1c(N2CC(CS(=O)(=O)Cl)CC2=O)oc2ccccc2c1=O. The number of hydrogen-bond acceptors (Lipinski definition) is 6. The van der Waals surface area contributed by atoms with Crippen LogP contribution < -0.4 is 10.3 Å². The van der Waals surface area contributed by atoms with Gasteiger partial charge in [-0.25, -0.2) is 8.42 Å². The van der Waals surface area contributed by atoms with E-state index in [9.17, 15) is 22.8 Å². The fourth-order valence-electron chi connectivity index (χ4n) is 2.82. The van der Waals surface area contributed by atoms with Crippen LogP contribution in [0.1, 0.15) is 16.8 Å². The van der Waals surface area contributed by atoms with Gasteiger partial charge in [-0.2, -0.15) is 0 Å². The first-order valence-corrected chi connectivity index (χ1v) is 9.51. The zero-order valence-corrected chi connectivity index (χ0v) is 13.8. The van der Waals surface area contributed by atoms with Crippen LogP contribution in [0.25, 0.3) is 11.0 Å². The van der Waals surface area contributed by atoms with Gasteiger partial charge in [0.1, 0.15) is 11.1 Å². The Morgan fingerprint density at radius 1 is 1.29 bits per heavy atom. The molecule has 0 N–H and O–H groups in total. The van der Waals surface area contributed by atoms with E-state index >= 15 is 0 Å². The summed E-state index contributed by atoms with van der Waals surface area (Å²) in [7, 11) is 1.47. The van der Waals surface area contributed by atoms with Crippen molar-refractivity contribution >= 4 is 48.8 Å². The van der Waals surface area contributed by atoms with Gasteiger partial charge in [0.2, 0.25) is 26.3 Å². The van der Waals surface area contributed by atoms with Crippen molar-refractivity contribution in [2.45, 2.75) is 6.42 Å². The third-order valence-corrected chi connectivity index (χ3v) is 5.06. The largest absolute Gasteiger partial charge is 0.439 e. The highest BCUT2D eigenvalue weighted by atomic mass is 35.7. The molecule has 0 saturated carbocycles. The van der Waals surface area contributed by atoms with E-state index < -0.39 is 26.3 Å². The van der Waals surface area contributed by atoms with Crippen LogP contribution in [-0.4, -0.2) is 32.9 Å². The summed E-state index contributed by atoms with van der Waals surface area (Å²) in [5, 5.41) is 0.231. The summed E-state index contributed by atoms with van der Waals surface area (Å²) in [5.41, 5.74) is -0.566. The lowest BCUT2D eigenvalue weighted by Gasteiger charge is -2.17. The lowest BCUT2D eigenvalue weighted by molar-refractivity contribution is -0.117. The number of amides is 1. The average molecular weight is 370 g/mol. The molecule has 1 amide bonds. The smallest absolute Gasteiger partial charge is 0.232 e. The summed E-state index contributed by atoms with van der Waals surface area (Å²) in [6.07, 6.45) is 0.285. The molecule has 0 radical (unpaired) electrons.